The molecule has 5 nitrogen and oxygen atoms in total. The molecule has 0 aromatic heterocycles. The molecule has 0 fully saturated rings. The first-order chi connectivity index (χ1) is 8.27. The zero-order valence-electron chi connectivity index (χ0n) is 9.10. The van der Waals surface area contributed by atoms with Crippen molar-refractivity contribution in [2.45, 2.75) is 6.42 Å². The summed E-state index contributed by atoms with van der Waals surface area (Å²) in [6.07, 6.45) is 2.01. The molecule has 0 aliphatic carbocycles. The summed E-state index contributed by atoms with van der Waals surface area (Å²) in [5, 5.41) is 11.7. The molecule has 17 heavy (non-hydrogen) atoms. The zero-order chi connectivity index (χ0) is 12.5. The molecule has 1 aromatic carbocycles. The van der Waals surface area contributed by atoms with Crippen LogP contribution >= 0.6 is 11.6 Å². The summed E-state index contributed by atoms with van der Waals surface area (Å²) in [5.41, 5.74) is 2.76. The summed E-state index contributed by atoms with van der Waals surface area (Å²) in [4.78, 5) is 11.6. The Morgan fingerprint density at radius 2 is 2.41 bits per heavy atom. The van der Waals surface area contributed by atoms with Gasteiger partial charge in [-0.25, -0.2) is 4.79 Å². The maximum Gasteiger partial charge on any atom is 0.338 e. The Balaban J connectivity index is 2.63. The predicted molar refractivity (Wildman–Crippen MR) is 64.6 cm³/mol. The second-order valence-electron chi connectivity index (χ2n) is 3.16. The van der Waals surface area contributed by atoms with Gasteiger partial charge in [0, 0.05) is 5.88 Å². The Morgan fingerprint density at radius 3 is 3.12 bits per heavy atom. The first kappa shape index (κ1) is 13.5. The Kier molecular flexibility index (Phi) is 6.06. The highest BCUT2D eigenvalue weighted by atomic mass is 35.5. The van der Waals surface area contributed by atoms with Crippen molar-refractivity contribution in [1.82, 2.24) is 5.59 Å². The van der Waals surface area contributed by atoms with Crippen molar-refractivity contribution in [3.63, 3.8) is 0 Å². The molecule has 0 saturated heterocycles. The summed E-state index contributed by atoms with van der Waals surface area (Å²) < 4.78 is 5.00. The van der Waals surface area contributed by atoms with Gasteiger partial charge < -0.3 is 4.74 Å². The largest absolute Gasteiger partial charge is 0.462 e. The van der Waals surface area contributed by atoms with Crippen molar-refractivity contribution in [3.05, 3.63) is 35.4 Å². The smallest absolute Gasteiger partial charge is 0.338 e. The summed E-state index contributed by atoms with van der Waals surface area (Å²) in [6.45, 7) is 0.304. The van der Waals surface area contributed by atoms with Crippen LogP contribution in [0, 0.1) is 0 Å². The highest BCUT2D eigenvalue weighted by Crippen LogP contribution is 2.05. The van der Waals surface area contributed by atoms with E-state index in [1.54, 1.807) is 29.9 Å². The van der Waals surface area contributed by atoms with Crippen molar-refractivity contribution < 1.29 is 14.7 Å². The van der Waals surface area contributed by atoms with E-state index in [0.29, 0.717) is 30.0 Å². The minimum Gasteiger partial charge on any atom is -0.462 e. The molecule has 6 heteroatoms. The third-order valence-electron chi connectivity index (χ3n) is 1.90. The normalized spacial score (nSPS) is 10.5. The lowest BCUT2D eigenvalue weighted by atomic mass is 10.1. The van der Waals surface area contributed by atoms with Crippen LogP contribution in [-0.2, 0) is 4.74 Å². The minimum absolute atomic E-state index is 0.304. The van der Waals surface area contributed by atoms with Crippen LogP contribution in [0.2, 0.25) is 0 Å². The molecule has 92 valence electrons. The number of esters is 1. The number of nitrogens with zero attached hydrogens (tertiary/aromatic N) is 1. The highest BCUT2D eigenvalue weighted by Gasteiger charge is 2.06. The number of hydrazone groups is 1. The molecule has 0 aliphatic rings. The Morgan fingerprint density at radius 1 is 1.59 bits per heavy atom. The molecule has 0 atom stereocenters. The highest BCUT2D eigenvalue weighted by molar-refractivity contribution is 6.17. The number of hydrogen-bond donors (Lipinski definition) is 2. The first-order valence-electron chi connectivity index (χ1n) is 5.03. The number of alkyl halides is 1. The van der Waals surface area contributed by atoms with Crippen molar-refractivity contribution in [2.75, 3.05) is 12.5 Å². The van der Waals surface area contributed by atoms with Crippen LogP contribution in [0.4, 0.5) is 0 Å². The number of ether oxygens (including phenoxy) is 1. The molecule has 0 amide bonds. The van der Waals surface area contributed by atoms with Gasteiger partial charge in [0.15, 0.2) is 0 Å². The number of hydrogen-bond acceptors (Lipinski definition) is 5. The lowest BCUT2D eigenvalue weighted by molar-refractivity contribution is 0.0506. The van der Waals surface area contributed by atoms with E-state index in [-0.39, 0.29) is 0 Å². The van der Waals surface area contributed by atoms with Gasteiger partial charge in [0.25, 0.3) is 0 Å². The minimum atomic E-state index is -0.401. The Hall–Kier alpha value is -1.59. The Bertz CT molecular complexity index is 396. The third kappa shape index (κ3) is 4.84. The zero-order valence-corrected chi connectivity index (χ0v) is 9.85. The van der Waals surface area contributed by atoms with Crippen LogP contribution in [0.5, 0.6) is 0 Å². The fourth-order valence-corrected chi connectivity index (χ4v) is 1.26. The van der Waals surface area contributed by atoms with E-state index in [2.05, 4.69) is 5.10 Å². The van der Waals surface area contributed by atoms with Gasteiger partial charge in [0.05, 0.1) is 18.4 Å². The molecule has 0 radical (unpaired) electrons. The number of nitrogens with one attached hydrogen (secondary N) is 1. The number of carbonyl (C=O) groups is 1. The van der Waals surface area contributed by atoms with E-state index in [0.717, 1.165) is 0 Å². The maximum absolute atomic E-state index is 11.6. The van der Waals surface area contributed by atoms with E-state index < -0.39 is 5.97 Å². The second kappa shape index (κ2) is 7.65. The summed E-state index contributed by atoms with van der Waals surface area (Å²) in [5.74, 6) is 0.0598. The van der Waals surface area contributed by atoms with Crippen molar-refractivity contribution in [3.8, 4) is 0 Å². The molecule has 0 heterocycles. The fourth-order valence-electron chi connectivity index (χ4n) is 1.15. The molecule has 0 spiro atoms. The van der Waals surface area contributed by atoms with Crippen molar-refractivity contribution in [1.29, 1.82) is 0 Å². The number of benzene rings is 1. The van der Waals surface area contributed by atoms with Crippen LogP contribution in [0.25, 0.3) is 0 Å². The van der Waals surface area contributed by atoms with Gasteiger partial charge in [-0.15, -0.1) is 11.6 Å². The van der Waals surface area contributed by atoms with Gasteiger partial charge in [-0.1, -0.05) is 12.1 Å². The van der Waals surface area contributed by atoms with E-state index in [4.69, 9.17) is 21.5 Å². The number of rotatable bonds is 6. The third-order valence-corrected chi connectivity index (χ3v) is 2.17. The molecular weight excluding hydrogens is 244 g/mol. The quantitative estimate of drug-likeness (QED) is 0.268. The molecule has 2 N–H and O–H groups in total. The van der Waals surface area contributed by atoms with Gasteiger partial charge in [-0.3, -0.25) is 5.21 Å². The predicted octanol–water partition coefficient (Wildman–Crippen LogP) is 1.78. The monoisotopic (exact) mass is 256 g/mol. The standard InChI is InChI=1S/C11H13ClN2O3/c12-5-2-6-17-11(15)10-4-1-3-9(7-10)8-13-14-16/h1,3-4,7-8,14,16H,2,5-6H2. The average Bonchev–Trinajstić information content (AvgIpc) is 2.37. The van der Waals surface area contributed by atoms with Gasteiger partial charge in [-0.05, 0) is 24.1 Å². The topological polar surface area (TPSA) is 70.9 Å². The van der Waals surface area contributed by atoms with Crippen LogP contribution in [0.3, 0.4) is 0 Å². The van der Waals surface area contributed by atoms with Gasteiger partial charge >= 0.3 is 5.97 Å². The average molecular weight is 257 g/mol. The molecular formula is C11H13ClN2O3. The lowest BCUT2D eigenvalue weighted by Gasteiger charge is -2.03. The molecule has 1 aromatic rings. The fraction of sp³-hybridized carbons (Fsp3) is 0.273. The van der Waals surface area contributed by atoms with E-state index in [1.807, 2.05) is 0 Å². The lowest BCUT2D eigenvalue weighted by Crippen LogP contribution is -2.07. The number of halogens is 1. The summed E-state index contributed by atoms with van der Waals surface area (Å²) in [7, 11) is 0. The van der Waals surface area contributed by atoms with Crippen LogP contribution in [0.1, 0.15) is 22.3 Å². The molecule has 1 rings (SSSR count). The van der Waals surface area contributed by atoms with Crippen molar-refractivity contribution >= 4 is 23.8 Å². The van der Waals surface area contributed by atoms with Gasteiger partial charge in [-0.2, -0.15) is 10.7 Å². The Labute approximate surface area is 104 Å². The molecule has 0 bridgehead atoms. The van der Waals surface area contributed by atoms with E-state index in [1.165, 1.54) is 6.21 Å². The first-order valence-corrected chi connectivity index (χ1v) is 5.56. The second-order valence-corrected chi connectivity index (χ2v) is 3.54. The summed E-state index contributed by atoms with van der Waals surface area (Å²) in [6, 6.07) is 6.71. The molecule has 0 aliphatic heterocycles. The molecule has 0 unspecified atom stereocenters. The number of carbonyl (C=O) groups excluding carboxylic acids is 1. The van der Waals surface area contributed by atoms with Crippen LogP contribution in [-0.4, -0.2) is 29.9 Å². The molecule has 0 saturated carbocycles. The van der Waals surface area contributed by atoms with Crippen LogP contribution in [0.15, 0.2) is 29.4 Å². The van der Waals surface area contributed by atoms with E-state index in [9.17, 15) is 4.79 Å². The van der Waals surface area contributed by atoms with E-state index >= 15 is 0 Å². The van der Waals surface area contributed by atoms with Crippen LogP contribution < -0.4 is 5.59 Å². The van der Waals surface area contributed by atoms with Gasteiger partial charge in [0.2, 0.25) is 0 Å². The maximum atomic E-state index is 11.6. The van der Waals surface area contributed by atoms with Gasteiger partial charge in [0.1, 0.15) is 0 Å². The summed E-state index contributed by atoms with van der Waals surface area (Å²) >= 11 is 5.47. The van der Waals surface area contributed by atoms with Crippen molar-refractivity contribution in [2.24, 2.45) is 5.10 Å². The SMILES string of the molecule is O=C(OCCCCl)c1cccc(C=NNO)c1.